The van der Waals surface area contributed by atoms with Gasteiger partial charge >= 0.3 is 6.18 Å². The van der Waals surface area contributed by atoms with Crippen molar-refractivity contribution in [3.63, 3.8) is 0 Å². The number of anilines is 1. The van der Waals surface area contributed by atoms with Crippen LogP contribution >= 0.6 is 23.2 Å². The molecule has 2 atom stereocenters. The summed E-state index contributed by atoms with van der Waals surface area (Å²) in [6.07, 6.45) is -7.52. The molecule has 0 fully saturated rings. The lowest BCUT2D eigenvalue weighted by Crippen LogP contribution is -2.56. The first-order valence-electron chi connectivity index (χ1n) is 5.74. The molecule has 0 amide bonds. The van der Waals surface area contributed by atoms with Crippen LogP contribution < -0.4 is 4.90 Å². The minimum absolute atomic E-state index is 0.0952. The minimum Gasteiger partial charge on any atom is -0.370 e. The Hall–Kier alpha value is -1.15. The van der Waals surface area contributed by atoms with Crippen LogP contribution in [-0.4, -0.2) is 40.9 Å². The molecule has 116 valence electrons. The molecule has 0 spiro atoms. The number of aliphatic hydroxyl groups excluding tert-OH is 2. The van der Waals surface area contributed by atoms with Crippen LogP contribution in [0, 0.1) is 0 Å². The molecule has 0 aliphatic carbocycles. The summed E-state index contributed by atoms with van der Waals surface area (Å²) < 4.78 is 38.4. The van der Waals surface area contributed by atoms with Crippen LogP contribution in [0.4, 0.5) is 18.9 Å². The maximum Gasteiger partial charge on any atom is 0.431 e. The molecule has 0 radical (unpaired) electrons. The monoisotopic (exact) mass is 342 g/mol. The van der Waals surface area contributed by atoms with E-state index in [2.05, 4.69) is 0 Å². The zero-order chi connectivity index (χ0) is 15.9. The van der Waals surface area contributed by atoms with E-state index in [4.69, 9.17) is 23.2 Å². The summed E-state index contributed by atoms with van der Waals surface area (Å²) in [4.78, 5) is 1.53. The summed E-state index contributed by atoms with van der Waals surface area (Å²) >= 11 is 11.7. The number of hydrogen-bond donors (Lipinski definition) is 2. The first kappa shape index (κ1) is 16.2. The van der Waals surface area contributed by atoms with Crippen molar-refractivity contribution in [1.82, 2.24) is 4.90 Å². The number of allylic oxidation sites excluding steroid dienone is 1. The molecule has 0 saturated heterocycles. The minimum atomic E-state index is -4.69. The largest absolute Gasteiger partial charge is 0.431 e. The van der Waals surface area contributed by atoms with E-state index in [0.29, 0.717) is 16.0 Å². The van der Waals surface area contributed by atoms with E-state index in [1.54, 1.807) is 0 Å². The van der Waals surface area contributed by atoms with Crippen molar-refractivity contribution in [2.24, 2.45) is 0 Å². The molecule has 0 saturated carbocycles. The third kappa shape index (κ3) is 3.06. The van der Waals surface area contributed by atoms with E-state index in [-0.39, 0.29) is 10.7 Å². The fourth-order valence-electron chi connectivity index (χ4n) is 2.04. The molecule has 1 heterocycles. The van der Waals surface area contributed by atoms with E-state index < -0.39 is 24.5 Å². The van der Waals surface area contributed by atoms with Gasteiger partial charge in [-0.1, -0.05) is 23.2 Å². The van der Waals surface area contributed by atoms with Crippen LogP contribution in [0.2, 0.25) is 10.0 Å². The van der Waals surface area contributed by atoms with Gasteiger partial charge in [-0.15, -0.1) is 0 Å². The van der Waals surface area contributed by atoms with Gasteiger partial charge in [-0.3, -0.25) is 4.90 Å². The molecule has 4 nitrogen and oxygen atoms in total. The molecule has 1 aromatic rings. The number of alkyl halides is 3. The van der Waals surface area contributed by atoms with Crippen LogP contribution in [0.1, 0.15) is 0 Å². The second-order valence-electron chi connectivity index (χ2n) is 4.42. The van der Waals surface area contributed by atoms with E-state index in [1.165, 1.54) is 18.2 Å². The molecule has 9 heteroatoms. The van der Waals surface area contributed by atoms with Gasteiger partial charge in [0.2, 0.25) is 6.35 Å². The van der Waals surface area contributed by atoms with Gasteiger partial charge in [-0.25, -0.2) is 0 Å². The number of halogens is 5. The maximum absolute atomic E-state index is 12.8. The fourth-order valence-corrected chi connectivity index (χ4v) is 2.54. The molecular weight excluding hydrogens is 332 g/mol. The van der Waals surface area contributed by atoms with Gasteiger partial charge in [0.1, 0.15) is 5.70 Å². The summed E-state index contributed by atoms with van der Waals surface area (Å²) in [5.74, 6) is 0. The molecule has 0 aromatic heterocycles. The smallest absolute Gasteiger partial charge is 0.370 e. The lowest BCUT2D eigenvalue weighted by atomic mass is 10.2. The molecule has 21 heavy (non-hydrogen) atoms. The average molecular weight is 343 g/mol. The molecule has 1 aromatic carbocycles. The Morgan fingerprint density at radius 2 is 1.81 bits per heavy atom. The lowest BCUT2D eigenvalue weighted by molar-refractivity contribution is -0.133. The van der Waals surface area contributed by atoms with E-state index >= 15 is 0 Å². The van der Waals surface area contributed by atoms with Crippen LogP contribution in [0.5, 0.6) is 0 Å². The topological polar surface area (TPSA) is 46.9 Å². The third-order valence-corrected chi connectivity index (χ3v) is 3.58. The van der Waals surface area contributed by atoms with Gasteiger partial charge in [0.15, 0.2) is 6.23 Å². The van der Waals surface area contributed by atoms with Crippen molar-refractivity contribution in [2.45, 2.75) is 18.8 Å². The summed E-state index contributed by atoms with van der Waals surface area (Å²) in [6, 6.07) is 4.21. The van der Waals surface area contributed by atoms with Crippen molar-refractivity contribution in [3.8, 4) is 0 Å². The van der Waals surface area contributed by atoms with Crippen molar-refractivity contribution in [1.29, 1.82) is 0 Å². The summed E-state index contributed by atoms with van der Waals surface area (Å²) in [5.41, 5.74) is -0.978. The summed E-state index contributed by atoms with van der Waals surface area (Å²) in [6.45, 7) is 0. The maximum atomic E-state index is 12.8. The highest BCUT2D eigenvalue weighted by Crippen LogP contribution is 2.37. The molecule has 0 bridgehead atoms. The summed E-state index contributed by atoms with van der Waals surface area (Å²) in [5, 5.41) is 20.4. The van der Waals surface area contributed by atoms with Gasteiger partial charge in [-0.2, -0.15) is 13.2 Å². The third-order valence-electron chi connectivity index (χ3n) is 3.05. The quantitative estimate of drug-likeness (QED) is 0.823. The van der Waals surface area contributed by atoms with Crippen molar-refractivity contribution in [3.05, 3.63) is 40.0 Å². The second kappa shape index (κ2) is 5.57. The Balaban J connectivity index is 2.45. The van der Waals surface area contributed by atoms with E-state index in [1.807, 2.05) is 0 Å². The Labute approximate surface area is 128 Å². The number of benzene rings is 1. The second-order valence-corrected chi connectivity index (χ2v) is 5.27. The number of hydrogen-bond acceptors (Lipinski definition) is 4. The lowest BCUT2D eigenvalue weighted by Gasteiger charge is -2.43. The first-order chi connectivity index (χ1) is 9.62. The van der Waals surface area contributed by atoms with Crippen LogP contribution in [0.3, 0.4) is 0 Å². The van der Waals surface area contributed by atoms with E-state index in [9.17, 15) is 23.4 Å². The Bertz CT molecular complexity index is 580. The van der Waals surface area contributed by atoms with Gasteiger partial charge in [0.25, 0.3) is 0 Å². The molecule has 1 aliphatic rings. The highest BCUT2D eigenvalue weighted by molar-refractivity contribution is 6.36. The SMILES string of the molecule is CN1C(C(F)(F)F)=CC(O)N(c2ccc(Cl)cc2Cl)C1O. The van der Waals surface area contributed by atoms with Crippen LogP contribution in [0.15, 0.2) is 30.0 Å². The normalized spacial score (nSPS) is 23.3. The number of rotatable bonds is 1. The zero-order valence-electron chi connectivity index (χ0n) is 10.6. The van der Waals surface area contributed by atoms with Gasteiger partial charge in [-0.05, 0) is 24.3 Å². The van der Waals surface area contributed by atoms with Gasteiger partial charge in [0.05, 0.1) is 10.7 Å². The predicted molar refractivity (Wildman–Crippen MR) is 72.9 cm³/mol. The highest BCUT2D eigenvalue weighted by atomic mass is 35.5. The fraction of sp³-hybridized carbons (Fsp3) is 0.333. The van der Waals surface area contributed by atoms with Gasteiger partial charge in [0, 0.05) is 12.1 Å². The van der Waals surface area contributed by atoms with Crippen LogP contribution in [0.25, 0.3) is 0 Å². The van der Waals surface area contributed by atoms with Crippen molar-refractivity contribution < 1.29 is 23.4 Å². The molecule has 2 N–H and O–H groups in total. The standard InChI is InChI=1S/C12H11Cl2F3N2O2/c1-18-9(12(15,16)17)5-10(20)19(11(18)21)8-3-2-6(13)4-7(8)14/h2-5,10-11,20-21H,1H3. The van der Waals surface area contributed by atoms with Gasteiger partial charge < -0.3 is 15.1 Å². The predicted octanol–water partition coefficient (Wildman–Crippen LogP) is 2.79. The molecule has 2 unspecified atom stereocenters. The number of aliphatic hydroxyl groups is 2. The zero-order valence-corrected chi connectivity index (χ0v) is 12.2. The Morgan fingerprint density at radius 1 is 1.19 bits per heavy atom. The number of nitrogens with zero attached hydrogens (tertiary/aromatic N) is 2. The molecular formula is C12H11Cl2F3N2O2. The summed E-state index contributed by atoms with van der Waals surface area (Å²) in [7, 11) is 1.06. The Morgan fingerprint density at radius 3 is 2.33 bits per heavy atom. The average Bonchev–Trinajstić information content (AvgIpc) is 2.35. The molecule has 2 rings (SSSR count). The van der Waals surface area contributed by atoms with Crippen molar-refractivity contribution in [2.75, 3.05) is 11.9 Å². The van der Waals surface area contributed by atoms with Crippen molar-refractivity contribution >= 4 is 28.9 Å². The molecule has 1 aliphatic heterocycles. The van der Waals surface area contributed by atoms with E-state index in [0.717, 1.165) is 11.9 Å². The Kier molecular flexibility index (Phi) is 4.30. The highest BCUT2D eigenvalue weighted by Gasteiger charge is 2.44. The first-order valence-corrected chi connectivity index (χ1v) is 6.50. The van der Waals surface area contributed by atoms with Crippen LogP contribution in [-0.2, 0) is 0 Å².